The Morgan fingerprint density at radius 1 is 1.44 bits per heavy atom. The molecule has 2 rings (SSSR count). The number of thiazole rings is 1. The highest BCUT2D eigenvalue weighted by atomic mass is 35.5. The van der Waals surface area contributed by atoms with Crippen molar-refractivity contribution in [2.75, 3.05) is 12.4 Å². The molecule has 0 atom stereocenters. The average Bonchev–Trinajstić information content (AvgIpc) is 2.70. The molecule has 0 aliphatic rings. The number of hydrogen-bond donors (Lipinski definition) is 2. The smallest absolute Gasteiger partial charge is 0.245 e. The molecule has 0 spiro atoms. The Morgan fingerprint density at radius 3 is 2.83 bits per heavy atom. The molecule has 0 aliphatic heterocycles. The number of amides is 1. The molecule has 0 aliphatic carbocycles. The van der Waals surface area contributed by atoms with Crippen molar-refractivity contribution in [3.05, 3.63) is 23.2 Å². The van der Waals surface area contributed by atoms with Gasteiger partial charge in [-0.05, 0) is 39.1 Å². The highest BCUT2D eigenvalue weighted by Crippen LogP contribution is 2.28. The highest BCUT2D eigenvalue weighted by molar-refractivity contribution is 7.22. The Kier molecular flexibility index (Phi) is 3.56. The van der Waals surface area contributed by atoms with E-state index in [9.17, 15) is 4.79 Å². The van der Waals surface area contributed by atoms with Crippen molar-refractivity contribution in [3.8, 4) is 0 Å². The first-order valence-corrected chi connectivity index (χ1v) is 6.68. The van der Waals surface area contributed by atoms with Gasteiger partial charge in [0, 0.05) is 5.02 Å². The quantitative estimate of drug-likeness (QED) is 0.911. The van der Waals surface area contributed by atoms with E-state index in [1.165, 1.54) is 11.3 Å². The van der Waals surface area contributed by atoms with E-state index in [1.54, 1.807) is 13.1 Å². The number of anilines is 1. The van der Waals surface area contributed by atoms with Crippen molar-refractivity contribution < 1.29 is 4.79 Å². The summed E-state index contributed by atoms with van der Waals surface area (Å²) in [6.45, 7) is 3.62. The molecule has 4 nitrogen and oxygen atoms in total. The molecule has 1 aromatic heterocycles. The molecule has 96 valence electrons. The maximum absolute atomic E-state index is 12.0. The largest absolute Gasteiger partial charge is 0.307 e. The third kappa shape index (κ3) is 2.63. The van der Waals surface area contributed by atoms with Gasteiger partial charge in [0.15, 0.2) is 5.13 Å². The summed E-state index contributed by atoms with van der Waals surface area (Å²) in [5.41, 5.74) is 0.206. The summed E-state index contributed by atoms with van der Waals surface area (Å²) in [5, 5.41) is 7.00. The van der Waals surface area contributed by atoms with E-state index in [0.29, 0.717) is 10.2 Å². The second-order valence-electron chi connectivity index (χ2n) is 4.46. The van der Waals surface area contributed by atoms with Gasteiger partial charge in [0.2, 0.25) is 5.91 Å². The van der Waals surface area contributed by atoms with Crippen molar-refractivity contribution in [2.45, 2.75) is 19.4 Å². The number of aromatic nitrogens is 1. The average molecular weight is 284 g/mol. The van der Waals surface area contributed by atoms with E-state index in [0.717, 1.165) is 10.2 Å². The van der Waals surface area contributed by atoms with Crippen molar-refractivity contribution in [1.29, 1.82) is 0 Å². The summed E-state index contributed by atoms with van der Waals surface area (Å²) >= 11 is 7.32. The summed E-state index contributed by atoms with van der Waals surface area (Å²) in [5.74, 6) is -0.116. The molecule has 2 N–H and O–H groups in total. The maximum Gasteiger partial charge on any atom is 0.245 e. The molecule has 0 unspecified atom stereocenters. The number of carbonyl (C=O) groups is 1. The predicted molar refractivity (Wildman–Crippen MR) is 76.4 cm³/mol. The van der Waals surface area contributed by atoms with Crippen molar-refractivity contribution in [2.24, 2.45) is 0 Å². The van der Waals surface area contributed by atoms with E-state index >= 15 is 0 Å². The lowest BCUT2D eigenvalue weighted by Crippen LogP contribution is -2.47. The molecular weight excluding hydrogens is 270 g/mol. The molecule has 0 fully saturated rings. The summed E-state index contributed by atoms with van der Waals surface area (Å²) < 4.78 is 0.958. The van der Waals surface area contributed by atoms with Crippen LogP contribution in [0.5, 0.6) is 0 Å². The number of halogens is 1. The van der Waals surface area contributed by atoms with E-state index in [2.05, 4.69) is 15.6 Å². The molecule has 6 heteroatoms. The van der Waals surface area contributed by atoms with Crippen molar-refractivity contribution in [3.63, 3.8) is 0 Å². The Bertz CT molecular complexity index is 594. The van der Waals surface area contributed by atoms with Gasteiger partial charge in [-0.15, -0.1) is 0 Å². The number of carbonyl (C=O) groups excluding carboxylic acids is 1. The molecule has 0 saturated carbocycles. The van der Waals surface area contributed by atoms with Crippen LogP contribution in [0.25, 0.3) is 10.2 Å². The minimum Gasteiger partial charge on any atom is -0.307 e. The maximum atomic E-state index is 12.0. The zero-order chi connectivity index (χ0) is 13.3. The first kappa shape index (κ1) is 13.3. The third-order valence-electron chi connectivity index (χ3n) is 2.76. The Labute approximate surface area is 114 Å². The second-order valence-corrected chi connectivity index (χ2v) is 5.93. The number of hydrogen-bond acceptors (Lipinski definition) is 4. The summed E-state index contributed by atoms with van der Waals surface area (Å²) in [4.78, 5) is 16.3. The van der Waals surface area contributed by atoms with Crippen LogP contribution in [-0.4, -0.2) is 23.5 Å². The molecule has 18 heavy (non-hydrogen) atoms. The van der Waals surface area contributed by atoms with Gasteiger partial charge in [0.05, 0.1) is 15.8 Å². The number of nitrogens with zero attached hydrogens (tertiary/aromatic N) is 1. The number of benzene rings is 1. The topological polar surface area (TPSA) is 54.0 Å². The van der Waals surface area contributed by atoms with E-state index in [1.807, 2.05) is 26.0 Å². The molecule has 1 heterocycles. The van der Waals surface area contributed by atoms with Gasteiger partial charge in [-0.1, -0.05) is 22.9 Å². The van der Waals surface area contributed by atoms with Gasteiger partial charge in [-0.3, -0.25) is 4.79 Å². The van der Waals surface area contributed by atoms with E-state index in [-0.39, 0.29) is 5.91 Å². The van der Waals surface area contributed by atoms with Crippen LogP contribution in [-0.2, 0) is 4.79 Å². The van der Waals surface area contributed by atoms with Crippen LogP contribution in [0.1, 0.15) is 13.8 Å². The zero-order valence-electron chi connectivity index (χ0n) is 10.4. The Hall–Kier alpha value is -1.17. The lowest BCUT2D eigenvalue weighted by Gasteiger charge is -2.21. The van der Waals surface area contributed by atoms with Crippen molar-refractivity contribution in [1.82, 2.24) is 10.3 Å². The van der Waals surface area contributed by atoms with E-state index in [4.69, 9.17) is 11.6 Å². The standard InChI is InChI=1S/C12H14ClN3OS/c1-12(2,14-3)10(17)16-11-15-8-5-4-7(13)6-9(8)18-11/h4-6,14H,1-3H3,(H,15,16,17). The van der Waals surface area contributed by atoms with Crippen LogP contribution in [0.15, 0.2) is 18.2 Å². The number of likely N-dealkylation sites (N-methyl/N-ethyl adjacent to an activating group) is 1. The molecule has 2 aromatic rings. The lowest BCUT2D eigenvalue weighted by molar-refractivity contribution is -0.121. The van der Waals surface area contributed by atoms with Crippen LogP contribution in [0.2, 0.25) is 5.02 Å². The third-order valence-corrected chi connectivity index (χ3v) is 3.93. The first-order chi connectivity index (χ1) is 8.42. The van der Waals surface area contributed by atoms with Gasteiger partial charge in [0.25, 0.3) is 0 Å². The monoisotopic (exact) mass is 283 g/mol. The SMILES string of the molecule is CNC(C)(C)C(=O)Nc1nc2ccc(Cl)cc2s1. The fourth-order valence-electron chi connectivity index (χ4n) is 1.32. The van der Waals surface area contributed by atoms with E-state index < -0.39 is 5.54 Å². The fourth-order valence-corrected chi connectivity index (χ4v) is 2.46. The van der Waals surface area contributed by atoms with Gasteiger partial charge in [0.1, 0.15) is 0 Å². The van der Waals surface area contributed by atoms with Crippen LogP contribution in [0.3, 0.4) is 0 Å². The highest BCUT2D eigenvalue weighted by Gasteiger charge is 2.25. The Morgan fingerprint density at radius 2 is 2.17 bits per heavy atom. The van der Waals surface area contributed by atoms with Gasteiger partial charge >= 0.3 is 0 Å². The van der Waals surface area contributed by atoms with Gasteiger partial charge in [-0.2, -0.15) is 0 Å². The van der Waals surface area contributed by atoms with Crippen molar-refractivity contribution >= 4 is 44.2 Å². The summed E-state index contributed by atoms with van der Waals surface area (Å²) in [6.07, 6.45) is 0. The molecule has 1 amide bonds. The summed E-state index contributed by atoms with van der Waals surface area (Å²) in [6, 6.07) is 5.47. The fraction of sp³-hybridized carbons (Fsp3) is 0.333. The number of fused-ring (bicyclic) bond motifs is 1. The van der Waals surface area contributed by atoms with Crippen LogP contribution in [0, 0.1) is 0 Å². The number of rotatable bonds is 3. The zero-order valence-corrected chi connectivity index (χ0v) is 11.9. The lowest BCUT2D eigenvalue weighted by atomic mass is 10.1. The van der Waals surface area contributed by atoms with Gasteiger partial charge in [-0.25, -0.2) is 4.98 Å². The van der Waals surface area contributed by atoms with Crippen LogP contribution < -0.4 is 10.6 Å². The summed E-state index contributed by atoms with van der Waals surface area (Å²) in [7, 11) is 1.75. The normalized spacial score (nSPS) is 11.8. The first-order valence-electron chi connectivity index (χ1n) is 5.49. The molecule has 0 bridgehead atoms. The van der Waals surface area contributed by atoms with Crippen LogP contribution in [0.4, 0.5) is 5.13 Å². The molecule has 0 radical (unpaired) electrons. The minimum atomic E-state index is -0.629. The number of nitrogens with one attached hydrogen (secondary N) is 2. The van der Waals surface area contributed by atoms with Gasteiger partial charge < -0.3 is 10.6 Å². The minimum absolute atomic E-state index is 0.116. The van der Waals surface area contributed by atoms with Crippen LogP contribution >= 0.6 is 22.9 Å². The molecule has 1 aromatic carbocycles. The molecule has 0 saturated heterocycles. The second kappa shape index (κ2) is 4.84. The predicted octanol–water partition coefficient (Wildman–Crippen LogP) is 2.89. The molecular formula is C12H14ClN3OS. The Balaban J connectivity index is 2.25.